The van der Waals surface area contributed by atoms with E-state index in [1.165, 1.54) is 0 Å². The molecule has 16 heavy (non-hydrogen) atoms. The maximum Gasteiger partial charge on any atom is 0.138 e. The van der Waals surface area contributed by atoms with Gasteiger partial charge in [0.1, 0.15) is 12.4 Å². The monoisotopic (exact) mass is 214 g/mol. The lowest BCUT2D eigenvalue weighted by Crippen LogP contribution is -1.98. The van der Waals surface area contributed by atoms with Crippen LogP contribution in [0.5, 0.6) is 5.75 Å². The molecule has 1 aromatic carbocycles. The molecule has 0 bridgehead atoms. The van der Waals surface area contributed by atoms with E-state index in [9.17, 15) is 0 Å². The Hall–Kier alpha value is -2.03. The predicted molar refractivity (Wildman–Crippen MR) is 64.2 cm³/mol. The summed E-state index contributed by atoms with van der Waals surface area (Å²) in [6.45, 7) is 2.50. The average molecular weight is 214 g/mol. The maximum absolute atomic E-state index is 5.82. The van der Waals surface area contributed by atoms with Crippen LogP contribution >= 0.6 is 0 Å². The largest absolute Gasteiger partial charge is 0.487 e. The van der Waals surface area contributed by atoms with Gasteiger partial charge in [-0.2, -0.15) is 0 Å². The third kappa shape index (κ3) is 2.51. The number of hydrogen-bond donors (Lipinski definition) is 1. The first-order valence-corrected chi connectivity index (χ1v) is 5.13. The van der Waals surface area contributed by atoms with Gasteiger partial charge in [-0.15, -0.1) is 0 Å². The van der Waals surface area contributed by atoms with Crippen molar-refractivity contribution in [1.29, 1.82) is 0 Å². The molecule has 1 heterocycles. The van der Waals surface area contributed by atoms with Crippen molar-refractivity contribution >= 4 is 5.69 Å². The minimum Gasteiger partial charge on any atom is -0.487 e. The number of nitrogens with two attached hydrogens (primary N) is 1. The van der Waals surface area contributed by atoms with Crippen molar-refractivity contribution in [2.45, 2.75) is 13.5 Å². The van der Waals surface area contributed by atoms with Gasteiger partial charge in [0.15, 0.2) is 0 Å². The summed E-state index contributed by atoms with van der Waals surface area (Å²) in [5.41, 5.74) is 8.77. The molecular formula is C13H14N2O. The first-order chi connectivity index (χ1) is 7.75. The summed E-state index contributed by atoms with van der Waals surface area (Å²) in [5.74, 6) is 0.765. The van der Waals surface area contributed by atoms with Crippen molar-refractivity contribution in [3.05, 3.63) is 53.9 Å². The number of nitrogen functional groups attached to an aromatic ring is 1. The van der Waals surface area contributed by atoms with E-state index in [2.05, 4.69) is 4.98 Å². The second-order valence-electron chi connectivity index (χ2n) is 3.67. The Morgan fingerprint density at radius 3 is 2.88 bits per heavy atom. The zero-order chi connectivity index (χ0) is 11.4. The average Bonchev–Trinajstić information content (AvgIpc) is 2.32. The fraction of sp³-hybridized carbons (Fsp3) is 0.154. The van der Waals surface area contributed by atoms with Gasteiger partial charge in [0, 0.05) is 11.9 Å². The van der Waals surface area contributed by atoms with Gasteiger partial charge in [0.25, 0.3) is 0 Å². The van der Waals surface area contributed by atoms with Crippen molar-refractivity contribution in [3.8, 4) is 5.75 Å². The number of rotatable bonds is 3. The zero-order valence-corrected chi connectivity index (χ0v) is 9.18. The molecule has 3 heteroatoms. The van der Waals surface area contributed by atoms with E-state index in [1.54, 1.807) is 12.4 Å². The molecule has 0 aliphatic carbocycles. The van der Waals surface area contributed by atoms with Gasteiger partial charge < -0.3 is 10.5 Å². The fourth-order valence-electron chi connectivity index (χ4n) is 1.38. The highest BCUT2D eigenvalue weighted by atomic mass is 16.5. The Bertz CT molecular complexity index is 469. The van der Waals surface area contributed by atoms with Crippen molar-refractivity contribution in [2.24, 2.45) is 0 Å². The smallest absolute Gasteiger partial charge is 0.138 e. The Balaban J connectivity index is 2.03. The Morgan fingerprint density at radius 2 is 2.19 bits per heavy atom. The number of hydrogen-bond acceptors (Lipinski definition) is 3. The highest BCUT2D eigenvalue weighted by Gasteiger charge is 1.98. The molecule has 3 nitrogen and oxygen atoms in total. The molecule has 0 aliphatic rings. The van der Waals surface area contributed by atoms with Gasteiger partial charge in [-0.1, -0.05) is 12.1 Å². The van der Waals surface area contributed by atoms with Gasteiger partial charge in [-0.05, 0) is 36.2 Å². The van der Waals surface area contributed by atoms with Crippen LogP contribution in [0.15, 0.2) is 42.7 Å². The van der Waals surface area contributed by atoms with E-state index in [1.807, 2.05) is 37.3 Å². The number of aryl methyl sites for hydroxylation is 1. The zero-order valence-electron chi connectivity index (χ0n) is 9.18. The van der Waals surface area contributed by atoms with Gasteiger partial charge in [-0.25, -0.2) is 0 Å². The first-order valence-electron chi connectivity index (χ1n) is 5.13. The normalized spacial score (nSPS) is 10.1. The maximum atomic E-state index is 5.82. The standard InChI is InChI=1S/C13H14N2O/c1-10-4-5-11(7-13(10)14)9-16-12-3-2-6-15-8-12/h2-8H,9,14H2,1H3. The molecule has 2 aromatic rings. The molecule has 0 fully saturated rings. The number of anilines is 1. The number of ether oxygens (including phenoxy) is 1. The Kier molecular flexibility index (Phi) is 3.05. The topological polar surface area (TPSA) is 48.1 Å². The van der Waals surface area contributed by atoms with E-state index in [0.29, 0.717) is 6.61 Å². The van der Waals surface area contributed by atoms with Crippen LogP contribution in [0.1, 0.15) is 11.1 Å². The van der Waals surface area contributed by atoms with Crippen LogP contribution in [-0.4, -0.2) is 4.98 Å². The lowest BCUT2D eigenvalue weighted by atomic mass is 10.1. The van der Waals surface area contributed by atoms with E-state index in [4.69, 9.17) is 10.5 Å². The molecule has 0 spiro atoms. The molecular weight excluding hydrogens is 200 g/mol. The Morgan fingerprint density at radius 1 is 1.31 bits per heavy atom. The summed E-state index contributed by atoms with van der Waals surface area (Å²) in [6.07, 6.45) is 3.41. The van der Waals surface area contributed by atoms with Crippen LogP contribution in [0, 0.1) is 6.92 Å². The Labute approximate surface area is 94.9 Å². The third-order valence-corrected chi connectivity index (χ3v) is 2.38. The summed E-state index contributed by atoms with van der Waals surface area (Å²) >= 11 is 0. The van der Waals surface area contributed by atoms with Crippen LogP contribution in [0.25, 0.3) is 0 Å². The summed E-state index contributed by atoms with van der Waals surface area (Å²) in [6, 6.07) is 9.68. The minimum atomic E-state index is 0.510. The molecule has 2 rings (SSSR count). The number of pyridine rings is 1. The lowest BCUT2D eigenvalue weighted by molar-refractivity contribution is 0.305. The SMILES string of the molecule is Cc1ccc(COc2cccnc2)cc1N. The second kappa shape index (κ2) is 4.66. The van der Waals surface area contributed by atoms with Crippen LogP contribution in [0.3, 0.4) is 0 Å². The van der Waals surface area contributed by atoms with Crippen LogP contribution in [-0.2, 0) is 6.61 Å². The molecule has 0 unspecified atom stereocenters. The predicted octanol–water partition coefficient (Wildman–Crippen LogP) is 2.55. The molecule has 1 aromatic heterocycles. The lowest BCUT2D eigenvalue weighted by Gasteiger charge is -2.07. The van der Waals surface area contributed by atoms with Gasteiger partial charge in [0.2, 0.25) is 0 Å². The quantitative estimate of drug-likeness (QED) is 0.799. The molecule has 0 aliphatic heterocycles. The van der Waals surface area contributed by atoms with Crippen LogP contribution < -0.4 is 10.5 Å². The van der Waals surface area contributed by atoms with Crippen LogP contribution in [0.4, 0.5) is 5.69 Å². The molecule has 0 atom stereocenters. The highest BCUT2D eigenvalue weighted by Crippen LogP contribution is 2.15. The van der Waals surface area contributed by atoms with E-state index >= 15 is 0 Å². The fourth-order valence-corrected chi connectivity index (χ4v) is 1.38. The number of nitrogens with zero attached hydrogens (tertiary/aromatic N) is 1. The van der Waals surface area contributed by atoms with Gasteiger partial charge in [-0.3, -0.25) is 4.98 Å². The van der Waals surface area contributed by atoms with Gasteiger partial charge >= 0.3 is 0 Å². The third-order valence-electron chi connectivity index (χ3n) is 2.38. The molecule has 0 radical (unpaired) electrons. The van der Waals surface area contributed by atoms with Gasteiger partial charge in [0.05, 0.1) is 6.20 Å². The van der Waals surface area contributed by atoms with E-state index < -0.39 is 0 Å². The molecule has 82 valence electrons. The molecule has 2 N–H and O–H groups in total. The number of aromatic nitrogens is 1. The summed E-state index contributed by atoms with van der Waals surface area (Å²) in [5, 5.41) is 0. The second-order valence-corrected chi connectivity index (χ2v) is 3.67. The summed E-state index contributed by atoms with van der Waals surface area (Å²) in [4.78, 5) is 3.98. The van der Waals surface area contributed by atoms with Crippen LogP contribution in [0.2, 0.25) is 0 Å². The first kappa shape index (κ1) is 10.5. The van der Waals surface area contributed by atoms with Crippen molar-refractivity contribution in [2.75, 3.05) is 5.73 Å². The summed E-state index contributed by atoms with van der Waals surface area (Å²) < 4.78 is 5.57. The molecule has 0 amide bonds. The minimum absolute atomic E-state index is 0.510. The van der Waals surface area contributed by atoms with Crippen molar-refractivity contribution in [1.82, 2.24) is 4.98 Å². The van der Waals surface area contributed by atoms with Crippen molar-refractivity contribution in [3.63, 3.8) is 0 Å². The van der Waals surface area contributed by atoms with E-state index in [0.717, 1.165) is 22.6 Å². The molecule has 0 saturated carbocycles. The van der Waals surface area contributed by atoms with Crippen molar-refractivity contribution < 1.29 is 4.74 Å². The molecule has 0 saturated heterocycles. The van der Waals surface area contributed by atoms with E-state index in [-0.39, 0.29) is 0 Å². The summed E-state index contributed by atoms with van der Waals surface area (Å²) in [7, 11) is 0. The number of benzene rings is 1. The highest BCUT2D eigenvalue weighted by molar-refractivity contribution is 5.48.